The van der Waals surface area contributed by atoms with Gasteiger partial charge in [-0.15, -0.1) is 0 Å². The summed E-state index contributed by atoms with van der Waals surface area (Å²) in [5.74, 6) is 0. The molecule has 1 aliphatic rings. The second-order valence-corrected chi connectivity index (χ2v) is 5.21. The first-order valence-corrected chi connectivity index (χ1v) is 7.53. The van der Waals surface area contributed by atoms with E-state index in [0.29, 0.717) is 6.61 Å². The molecule has 1 N–H and O–H groups in total. The minimum absolute atomic E-state index is 0.369. The highest BCUT2D eigenvalue weighted by Crippen LogP contribution is 2.10. The lowest BCUT2D eigenvalue weighted by Gasteiger charge is -2.25. The first kappa shape index (κ1) is 14.9. The molecule has 1 amide bonds. The van der Waals surface area contributed by atoms with E-state index in [-0.39, 0.29) is 6.09 Å². The van der Waals surface area contributed by atoms with Gasteiger partial charge in [-0.3, -0.25) is 10.2 Å². The van der Waals surface area contributed by atoms with Crippen LogP contribution in [0.15, 0.2) is 24.3 Å². The van der Waals surface area contributed by atoms with Crippen molar-refractivity contribution < 1.29 is 9.53 Å². The van der Waals surface area contributed by atoms with Crippen molar-refractivity contribution in [1.29, 1.82) is 0 Å². The summed E-state index contributed by atoms with van der Waals surface area (Å²) in [6.45, 7) is 5.66. The first-order chi connectivity index (χ1) is 9.78. The van der Waals surface area contributed by atoms with Crippen molar-refractivity contribution in [2.75, 3.05) is 31.6 Å². The molecule has 1 aromatic rings. The Morgan fingerprint density at radius 1 is 1.20 bits per heavy atom. The third-order valence-corrected chi connectivity index (χ3v) is 3.70. The van der Waals surface area contributed by atoms with E-state index in [0.717, 1.165) is 31.7 Å². The van der Waals surface area contributed by atoms with Crippen molar-refractivity contribution >= 4 is 11.8 Å². The Labute approximate surface area is 121 Å². The van der Waals surface area contributed by atoms with Gasteiger partial charge in [0.15, 0.2) is 0 Å². The molecule has 2 rings (SSSR count). The maximum Gasteiger partial charge on any atom is 0.411 e. The molecule has 1 fully saturated rings. The molecule has 0 saturated carbocycles. The fourth-order valence-corrected chi connectivity index (χ4v) is 2.43. The minimum Gasteiger partial charge on any atom is -0.448 e. The van der Waals surface area contributed by atoms with Crippen LogP contribution in [0, 0.1) is 0 Å². The number of amides is 1. The summed E-state index contributed by atoms with van der Waals surface area (Å²) in [5, 5.41) is 2.75. The molecule has 1 aromatic carbocycles. The fraction of sp³-hybridized carbons (Fsp3) is 0.562. The van der Waals surface area contributed by atoms with Crippen molar-refractivity contribution in [2.45, 2.75) is 32.6 Å². The molecule has 0 aromatic heterocycles. The average Bonchev–Trinajstić information content (AvgIpc) is 2.49. The van der Waals surface area contributed by atoms with E-state index in [2.05, 4.69) is 17.1 Å². The molecule has 4 nitrogen and oxygen atoms in total. The Balaban J connectivity index is 1.66. The van der Waals surface area contributed by atoms with E-state index >= 15 is 0 Å². The van der Waals surface area contributed by atoms with Gasteiger partial charge in [0.1, 0.15) is 6.61 Å². The Hall–Kier alpha value is -1.55. The predicted octanol–water partition coefficient (Wildman–Crippen LogP) is 3.28. The van der Waals surface area contributed by atoms with E-state index < -0.39 is 0 Å². The van der Waals surface area contributed by atoms with Gasteiger partial charge in [0, 0.05) is 12.2 Å². The van der Waals surface area contributed by atoms with Crippen LogP contribution in [0.5, 0.6) is 0 Å². The lowest BCUT2D eigenvalue weighted by Crippen LogP contribution is -2.33. The Kier molecular flexibility index (Phi) is 5.87. The number of nitrogens with zero attached hydrogens (tertiary/aromatic N) is 1. The number of rotatable bonds is 5. The zero-order valence-corrected chi connectivity index (χ0v) is 12.2. The molecule has 0 atom stereocenters. The van der Waals surface area contributed by atoms with Crippen molar-refractivity contribution in [2.24, 2.45) is 0 Å². The molecule has 0 bridgehead atoms. The van der Waals surface area contributed by atoms with Crippen LogP contribution in [0.3, 0.4) is 0 Å². The fourth-order valence-electron chi connectivity index (χ4n) is 2.43. The molecule has 20 heavy (non-hydrogen) atoms. The van der Waals surface area contributed by atoms with E-state index in [1.807, 2.05) is 24.3 Å². The van der Waals surface area contributed by atoms with Gasteiger partial charge in [0.05, 0.1) is 0 Å². The minimum atomic E-state index is -0.369. The molecule has 1 aliphatic heterocycles. The number of ether oxygens (including phenoxy) is 1. The van der Waals surface area contributed by atoms with Crippen LogP contribution in [-0.4, -0.2) is 37.2 Å². The van der Waals surface area contributed by atoms with Crippen LogP contribution in [0.25, 0.3) is 0 Å². The monoisotopic (exact) mass is 276 g/mol. The van der Waals surface area contributed by atoms with Gasteiger partial charge in [0.25, 0.3) is 0 Å². The number of benzene rings is 1. The number of hydrogen-bond acceptors (Lipinski definition) is 3. The topological polar surface area (TPSA) is 41.6 Å². The van der Waals surface area contributed by atoms with Gasteiger partial charge in [-0.05, 0) is 50.0 Å². The molecule has 4 heteroatoms. The zero-order valence-electron chi connectivity index (χ0n) is 12.2. The van der Waals surface area contributed by atoms with Crippen molar-refractivity contribution in [3.8, 4) is 0 Å². The maximum atomic E-state index is 11.7. The van der Waals surface area contributed by atoms with Gasteiger partial charge in [-0.2, -0.15) is 0 Å². The van der Waals surface area contributed by atoms with Gasteiger partial charge in [0.2, 0.25) is 0 Å². The summed E-state index contributed by atoms with van der Waals surface area (Å²) in [4.78, 5) is 14.0. The van der Waals surface area contributed by atoms with Crippen LogP contribution >= 0.6 is 0 Å². The largest absolute Gasteiger partial charge is 0.448 e. The summed E-state index contributed by atoms with van der Waals surface area (Å²) >= 11 is 0. The number of carbonyl (C=O) groups excluding carboxylic acids is 1. The van der Waals surface area contributed by atoms with Crippen LogP contribution in [0.1, 0.15) is 31.7 Å². The molecule has 1 heterocycles. The molecule has 110 valence electrons. The number of nitrogens with one attached hydrogen (secondary N) is 1. The maximum absolute atomic E-state index is 11.7. The second kappa shape index (κ2) is 7.90. The zero-order chi connectivity index (χ0) is 14.2. The van der Waals surface area contributed by atoms with Crippen molar-refractivity contribution in [3.63, 3.8) is 0 Å². The summed E-state index contributed by atoms with van der Waals surface area (Å²) in [6.07, 6.45) is 4.48. The quantitative estimate of drug-likeness (QED) is 0.897. The number of piperidine rings is 1. The van der Waals surface area contributed by atoms with Gasteiger partial charge in [-0.25, -0.2) is 4.79 Å². The molecule has 0 unspecified atom stereocenters. The Bertz CT molecular complexity index is 411. The summed E-state index contributed by atoms with van der Waals surface area (Å²) in [7, 11) is 0. The SMILES string of the molecule is CCc1ccc(NC(=O)OCCN2CCCCC2)cc1. The highest BCUT2D eigenvalue weighted by atomic mass is 16.5. The predicted molar refractivity (Wildman–Crippen MR) is 81.1 cm³/mol. The lowest BCUT2D eigenvalue weighted by atomic mass is 10.1. The molecular formula is C16H24N2O2. The van der Waals surface area contributed by atoms with Crippen LogP contribution < -0.4 is 5.32 Å². The van der Waals surface area contributed by atoms with Gasteiger partial charge >= 0.3 is 6.09 Å². The third kappa shape index (κ3) is 4.85. The van der Waals surface area contributed by atoms with Crippen LogP contribution in [-0.2, 0) is 11.2 Å². The second-order valence-electron chi connectivity index (χ2n) is 5.21. The van der Waals surface area contributed by atoms with Gasteiger partial charge < -0.3 is 4.74 Å². The van der Waals surface area contributed by atoms with E-state index in [9.17, 15) is 4.79 Å². The highest BCUT2D eigenvalue weighted by Gasteiger charge is 2.10. The summed E-state index contributed by atoms with van der Waals surface area (Å²) < 4.78 is 5.21. The molecular weight excluding hydrogens is 252 g/mol. The average molecular weight is 276 g/mol. The summed E-state index contributed by atoms with van der Waals surface area (Å²) in [6, 6.07) is 7.85. The standard InChI is InChI=1S/C16H24N2O2/c1-2-14-6-8-15(9-7-14)17-16(19)20-13-12-18-10-4-3-5-11-18/h6-9H,2-5,10-13H2,1H3,(H,17,19). The van der Waals surface area contributed by atoms with Crippen LogP contribution in [0.4, 0.5) is 10.5 Å². The van der Waals surface area contributed by atoms with E-state index in [1.54, 1.807) is 0 Å². The normalized spacial score (nSPS) is 15.8. The number of aryl methyl sites for hydroxylation is 1. The lowest BCUT2D eigenvalue weighted by molar-refractivity contribution is 0.131. The number of likely N-dealkylation sites (tertiary alicyclic amines) is 1. The third-order valence-electron chi connectivity index (χ3n) is 3.70. The van der Waals surface area contributed by atoms with Crippen molar-refractivity contribution in [3.05, 3.63) is 29.8 Å². The number of hydrogen-bond donors (Lipinski definition) is 1. The molecule has 0 radical (unpaired) electrons. The molecule has 1 saturated heterocycles. The number of carbonyl (C=O) groups is 1. The van der Waals surface area contributed by atoms with Crippen LogP contribution in [0.2, 0.25) is 0 Å². The number of anilines is 1. The Morgan fingerprint density at radius 2 is 1.90 bits per heavy atom. The summed E-state index contributed by atoms with van der Waals surface area (Å²) in [5.41, 5.74) is 2.04. The molecule has 0 aliphatic carbocycles. The van der Waals surface area contributed by atoms with Crippen molar-refractivity contribution in [1.82, 2.24) is 4.90 Å². The van der Waals surface area contributed by atoms with E-state index in [4.69, 9.17) is 4.74 Å². The van der Waals surface area contributed by atoms with Gasteiger partial charge in [-0.1, -0.05) is 25.5 Å². The molecule has 0 spiro atoms. The Morgan fingerprint density at radius 3 is 2.55 bits per heavy atom. The highest BCUT2D eigenvalue weighted by molar-refractivity contribution is 5.84. The van der Waals surface area contributed by atoms with E-state index in [1.165, 1.54) is 24.8 Å². The smallest absolute Gasteiger partial charge is 0.411 e. The first-order valence-electron chi connectivity index (χ1n) is 7.53.